The normalized spacial score (nSPS) is 11.0. The number of ether oxygens (including phenoxy) is 1. The van der Waals surface area contributed by atoms with E-state index in [1.54, 1.807) is 25.1 Å². The summed E-state index contributed by atoms with van der Waals surface area (Å²) >= 11 is 0.599. The maximum atomic E-state index is 12.2. The molecule has 0 aliphatic carbocycles. The highest BCUT2D eigenvalue weighted by Crippen LogP contribution is 2.34. The molecule has 1 heterocycles. The van der Waals surface area contributed by atoms with Crippen LogP contribution in [-0.2, 0) is 19.4 Å². The van der Waals surface area contributed by atoms with E-state index in [-0.39, 0.29) is 33.5 Å². The van der Waals surface area contributed by atoms with Gasteiger partial charge < -0.3 is 10.1 Å². The van der Waals surface area contributed by atoms with E-state index in [4.69, 9.17) is 4.74 Å². The van der Waals surface area contributed by atoms with Crippen molar-refractivity contribution in [1.29, 1.82) is 0 Å². The van der Waals surface area contributed by atoms with Gasteiger partial charge in [0.25, 0.3) is 0 Å². The first-order chi connectivity index (χ1) is 12.7. The number of carbonyl (C=O) groups excluding carboxylic acids is 2. The van der Waals surface area contributed by atoms with Gasteiger partial charge in [0.1, 0.15) is 10.6 Å². The fourth-order valence-corrected chi connectivity index (χ4v) is 4.22. The first-order valence-corrected chi connectivity index (χ1v) is 10.2. The van der Waals surface area contributed by atoms with Crippen LogP contribution in [0.3, 0.4) is 0 Å². The molecule has 0 saturated heterocycles. The monoisotopic (exact) mass is 412 g/mol. The number of benzene rings is 1. The van der Waals surface area contributed by atoms with Gasteiger partial charge in [0.2, 0.25) is 5.91 Å². The van der Waals surface area contributed by atoms with Crippen molar-refractivity contribution in [2.45, 2.75) is 18.2 Å². The second kappa shape index (κ2) is 8.73. The largest absolute Gasteiger partial charge is 0.462 e. The summed E-state index contributed by atoms with van der Waals surface area (Å²) in [7, 11) is -3.65. The van der Waals surface area contributed by atoms with E-state index in [0.29, 0.717) is 11.3 Å². The number of carbonyl (C=O) groups is 2. The quantitative estimate of drug-likeness (QED) is 0.400. The van der Waals surface area contributed by atoms with E-state index in [1.807, 2.05) is 0 Å². The maximum Gasteiger partial charge on any atom is 0.341 e. The summed E-state index contributed by atoms with van der Waals surface area (Å²) in [5, 5.41) is 12.9. The predicted molar refractivity (Wildman–Crippen MR) is 98.7 cm³/mol. The molecule has 1 aromatic carbocycles. The molecule has 2 aromatic rings. The molecule has 9 nitrogen and oxygen atoms in total. The van der Waals surface area contributed by atoms with E-state index < -0.39 is 32.4 Å². The number of nitrogens with zero attached hydrogens (tertiary/aromatic N) is 1. The third kappa shape index (κ3) is 5.34. The van der Waals surface area contributed by atoms with Gasteiger partial charge in [-0.1, -0.05) is 18.2 Å². The van der Waals surface area contributed by atoms with Crippen LogP contribution in [0.5, 0.6) is 0 Å². The Hall–Kier alpha value is -2.79. The van der Waals surface area contributed by atoms with Crippen molar-refractivity contribution in [3.05, 3.63) is 52.1 Å². The van der Waals surface area contributed by atoms with Crippen LogP contribution in [0.4, 0.5) is 10.0 Å². The SMILES string of the molecule is CCOC(=O)c1cc([N+](=O)[O-])sc1NC(=O)CCS(=O)(=O)c1ccccc1. The van der Waals surface area contributed by atoms with Gasteiger partial charge in [-0.2, -0.15) is 0 Å². The summed E-state index contributed by atoms with van der Waals surface area (Å²) in [5.41, 5.74) is -0.146. The Balaban J connectivity index is 2.11. The van der Waals surface area contributed by atoms with Gasteiger partial charge in [-0.3, -0.25) is 14.9 Å². The summed E-state index contributed by atoms with van der Waals surface area (Å²) in [6.07, 6.45) is -0.370. The highest BCUT2D eigenvalue weighted by Gasteiger charge is 2.24. The number of nitro groups is 1. The second-order valence-corrected chi connectivity index (χ2v) is 8.37. The van der Waals surface area contributed by atoms with E-state index >= 15 is 0 Å². The van der Waals surface area contributed by atoms with Crippen LogP contribution in [0.25, 0.3) is 0 Å². The summed E-state index contributed by atoms with van der Waals surface area (Å²) in [6.45, 7) is 1.64. The number of amides is 1. The fraction of sp³-hybridized carbons (Fsp3) is 0.250. The highest BCUT2D eigenvalue weighted by atomic mass is 32.2. The summed E-state index contributed by atoms with van der Waals surface area (Å²) < 4.78 is 29.2. The van der Waals surface area contributed by atoms with Crippen LogP contribution in [0, 0.1) is 10.1 Å². The minimum absolute atomic E-state index is 0.0535. The van der Waals surface area contributed by atoms with Gasteiger partial charge in [-0.15, -0.1) is 0 Å². The van der Waals surface area contributed by atoms with Crippen molar-refractivity contribution >= 4 is 43.1 Å². The van der Waals surface area contributed by atoms with Crippen LogP contribution in [0.15, 0.2) is 41.3 Å². The molecular weight excluding hydrogens is 396 g/mol. The van der Waals surface area contributed by atoms with Crippen LogP contribution >= 0.6 is 11.3 Å². The molecule has 0 saturated carbocycles. The lowest BCUT2D eigenvalue weighted by Gasteiger charge is -2.06. The Kier molecular flexibility index (Phi) is 6.64. The standard InChI is InChI=1S/C16H16N2O7S2/c1-2-25-16(20)12-10-14(18(21)22)26-15(12)17-13(19)8-9-27(23,24)11-6-4-3-5-7-11/h3-7,10H,2,8-9H2,1H3,(H,17,19). The number of hydrogen-bond acceptors (Lipinski definition) is 8. The van der Waals surface area contributed by atoms with Crippen molar-refractivity contribution in [2.75, 3.05) is 17.7 Å². The van der Waals surface area contributed by atoms with E-state index in [9.17, 15) is 28.1 Å². The van der Waals surface area contributed by atoms with Crippen molar-refractivity contribution in [3.8, 4) is 0 Å². The van der Waals surface area contributed by atoms with Crippen LogP contribution in [-0.4, -0.2) is 37.6 Å². The Labute approximate surface area is 159 Å². The second-order valence-electron chi connectivity index (χ2n) is 5.24. The zero-order valence-corrected chi connectivity index (χ0v) is 15.8. The average molecular weight is 412 g/mol. The van der Waals surface area contributed by atoms with Gasteiger partial charge in [0, 0.05) is 12.5 Å². The topological polar surface area (TPSA) is 133 Å². The molecule has 27 heavy (non-hydrogen) atoms. The molecule has 0 atom stereocenters. The van der Waals surface area contributed by atoms with Gasteiger partial charge in [0.15, 0.2) is 9.84 Å². The molecule has 0 fully saturated rings. The highest BCUT2D eigenvalue weighted by molar-refractivity contribution is 7.91. The first-order valence-electron chi connectivity index (χ1n) is 7.77. The number of sulfone groups is 1. The lowest BCUT2D eigenvalue weighted by atomic mass is 10.3. The molecule has 0 aliphatic heterocycles. The van der Waals surface area contributed by atoms with E-state index in [2.05, 4.69) is 5.32 Å². The molecular formula is C16H16N2O7S2. The average Bonchev–Trinajstić information content (AvgIpc) is 3.05. The lowest BCUT2D eigenvalue weighted by molar-refractivity contribution is -0.380. The van der Waals surface area contributed by atoms with Gasteiger partial charge in [0.05, 0.1) is 22.2 Å². The zero-order chi connectivity index (χ0) is 20.0. The summed E-state index contributed by atoms with van der Waals surface area (Å²) in [6, 6.07) is 8.68. The maximum absolute atomic E-state index is 12.2. The molecule has 1 aromatic heterocycles. The minimum atomic E-state index is -3.65. The molecule has 0 aliphatic rings. The van der Waals surface area contributed by atoms with Crippen LogP contribution in [0.2, 0.25) is 0 Å². The number of rotatable bonds is 8. The van der Waals surface area contributed by atoms with Gasteiger partial charge in [-0.25, -0.2) is 13.2 Å². The molecule has 1 amide bonds. The van der Waals surface area contributed by atoms with E-state index in [0.717, 1.165) is 6.07 Å². The molecule has 11 heteroatoms. The number of thiophene rings is 1. The molecule has 144 valence electrons. The Morgan fingerprint density at radius 1 is 1.26 bits per heavy atom. The smallest absolute Gasteiger partial charge is 0.341 e. The molecule has 0 bridgehead atoms. The van der Waals surface area contributed by atoms with Gasteiger partial charge in [-0.05, 0) is 30.4 Å². The number of hydrogen-bond donors (Lipinski definition) is 1. The Bertz CT molecular complexity index is 952. The number of anilines is 1. The fourth-order valence-electron chi connectivity index (χ4n) is 2.08. The van der Waals surface area contributed by atoms with Crippen molar-refractivity contribution in [1.82, 2.24) is 0 Å². The summed E-state index contributed by atoms with van der Waals surface area (Å²) in [5.74, 6) is -1.93. The molecule has 0 radical (unpaired) electrons. The van der Waals surface area contributed by atoms with Crippen molar-refractivity contribution in [3.63, 3.8) is 0 Å². The molecule has 0 spiro atoms. The van der Waals surface area contributed by atoms with Crippen molar-refractivity contribution < 1.29 is 27.7 Å². The first kappa shape index (κ1) is 20.5. The van der Waals surface area contributed by atoms with Crippen molar-refractivity contribution in [2.24, 2.45) is 0 Å². The zero-order valence-electron chi connectivity index (χ0n) is 14.2. The van der Waals surface area contributed by atoms with Crippen LogP contribution < -0.4 is 5.32 Å². The Morgan fingerprint density at radius 2 is 1.93 bits per heavy atom. The molecule has 1 N–H and O–H groups in total. The lowest BCUT2D eigenvalue weighted by Crippen LogP contribution is -2.18. The molecule has 0 unspecified atom stereocenters. The molecule has 2 rings (SSSR count). The summed E-state index contributed by atoms with van der Waals surface area (Å²) in [4.78, 5) is 34.3. The number of esters is 1. The number of nitrogens with one attached hydrogen (secondary N) is 1. The van der Waals surface area contributed by atoms with Gasteiger partial charge >= 0.3 is 11.0 Å². The Morgan fingerprint density at radius 3 is 2.52 bits per heavy atom. The van der Waals surface area contributed by atoms with E-state index in [1.165, 1.54) is 12.1 Å². The predicted octanol–water partition coefficient (Wildman–Crippen LogP) is 2.64. The third-order valence-corrected chi connectivity index (χ3v) is 6.08. The third-order valence-electron chi connectivity index (χ3n) is 3.35. The van der Waals surface area contributed by atoms with Crippen LogP contribution in [0.1, 0.15) is 23.7 Å². The minimum Gasteiger partial charge on any atom is -0.462 e.